The van der Waals surface area contributed by atoms with Gasteiger partial charge in [0.05, 0.1) is 0 Å². The molecular formula is C11H21N4PS. The second-order valence-electron chi connectivity index (χ2n) is 4.94. The van der Waals surface area contributed by atoms with E-state index in [0.29, 0.717) is 24.2 Å². The van der Waals surface area contributed by atoms with E-state index < -0.39 is 0 Å². The van der Waals surface area contributed by atoms with Crippen LogP contribution in [0.2, 0.25) is 0 Å². The van der Waals surface area contributed by atoms with Crippen molar-refractivity contribution in [3.05, 3.63) is 5.82 Å². The summed E-state index contributed by atoms with van der Waals surface area (Å²) in [6.07, 6.45) is 0. The van der Waals surface area contributed by atoms with E-state index in [4.69, 9.17) is 0 Å². The van der Waals surface area contributed by atoms with E-state index >= 15 is 0 Å². The van der Waals surface area contributed by atoms with Gasteiger partial charge in [0.15, 0.2) is 0 Å². The number of hydrogen-bond acceptors (Lipinski definition) is 5. The number of piperazine rings is 1. The minimum absolute atomic E-state index is 0.450. The first-order valence-corrected chi connectivity index (χ1v) is 7.34. The second kappa shape index (κ2) is 4.79. The van der Waals surface area contributed by atoms with Gasteiger partial charge in [-0.3, -0.25) is 4.67 Å². The van der Waals surface area contributed by atoms with Crippen molar-refractivity contribution in [1.82, 2.24) is 14.0 Å². The Morgan fingerprint density at radius 1 is 1.06 bits per heavy atom. The maximum atomic E-state index is 4.54. The largest absolute Gasteiger partial charge is 0.338 e. The Balaban J connectivity index is 2.32. The van der Waals surface area contributed by atoms with E-state index in [2.05, 4.69) is 56.0 Å². The molecule has 96 valence electrons. The summed E-state index contributed by atoms with van der Waals surface area (Å²) < 4.78 is 6.67. The van der Waals surface area contributed by atoms with Crippen molar-refractivity contribution in [2.45, 2.75) is 58.8 Å². The molecular weight excluding hydrogens is 251 g/mol. The number of aryl methyl sites for hydroxylation is 1. The first-order valence-electron chi connectivity index (χ1n) is 6.05. The zero-order chi connectivity index (χ0) is 12.7. The topological polar surface area (TPSA) is 32.3 Å². The summed E-state index contributed by atoms with van der Waals surface area (Å²) in [6.45, 7) is 11.0. The highest BCUT2D eigenvalue weighted by Gasteiger charge is 2.39. The first-order chi connectivity index (χ1) is 7.93. The van der Waals surface area contributed by atoms with Gasteiger partial charge in [0.25, 0.3) is 0 Å². The molecule has 17 heavy (non-hydrogen) atoms. The third kappa shape index (κ3) is 2.20. The fraction of sp³-hybridized carbons (Fsp3) is 0.818. The molecule has 0 radical (unpaired) electrons. The summed E-state index contributed by atoms with van der Waals surface area (Å²) in [7, 11) is 2.86. The third-order valence-corrected chi connectivity index (χ3v) is 5.71. The van der Waals surface area contributed by atoms with Gasteiger partial charge >= 0.3 is 0 Å². The molecule has 0 amide bonds. The van der Waals surface area contributed by atoms with Crippen molar-refractivity contribution in [2.75, 3.05) is 4.90 Å². The van der Waals surface area contributed by atoms with Gasteiger partial charge in [0, 0.05) is 35.7 Å². The molecule has 2 rings (SSSR count). The van der Waals surface area contributed by atoms with Crippen molar-refractivity contribution in [2.24, 2.45) is 0 Å². The highest BCUT2D eigenvalue weighted by Crippen LogP contribution is 2.33. The van der Waals surface area contributed by atoms with Gasteiger partial charge in [-0.2, -0.15) is 4.37 Å². The molecule has 5 unspecified atom stereocenters. The first kappa shape index (κ1) is 13.2. The predicted octanol–water partition coefficient (Wildman–Crippen LogP) is 2.31. The van der Waals surface area contributed by atoms with Crippen molar-refractivity contribution in [3.63, 3.8) is 0 Å². The van der Waals surface area contributed by atoms with E-state index in [0.717, 1.165) is 11.0 Å². The quantitative estimate of drug-likeness (QED) is 0.734. The third-order valence-electron chi connectivity index (χ3n) is 3.95. The molecule has 0 saturated carbocycles. The predicted molar refractivity (Wildman–Crippen MR) is 76.5 cm³/mol. The fourth-order valence-corrected chi connectivity index (χ4v) is 3.80. The Labute approximate surface area is 110 Å². The molecule has 0 aromatic carbocycles. The number of hydrogen-bond donors (Lipinski definition) is 0. The summed E-state index contributed by atoms with van der Waals surface area (Å²) in [5, 5.41) is 1.05. The van der Waals surface area contributed by atoms with Crippen molar-refractivity contribution < 1.29 is 0 Å². The Hall–Kier alpha value is -0.250. The van der Waals surface area contributed by atoms with Crippen LogP contribution in [-0.4, -0.2) is 38.2 Å². The summed E-state index contributed by atoms with van der Waals surface area (Å²) in [6, 6.07) is 1.89. The summed E-state index contributed by atoms with van der Waals surface area (Å²) in [5.74, 6) is 0.873. The highest BCUT2D eigenvalue weighted by atomic mass is 32.1. The van der Waals surface area contributed by atoms with Crippen LogP contribution in [0, 0.1) is 6.92 Å². The lowest BCUT2D eigenvalue weighted by Gasteiger charge is -2.51. The van der Waals surface area contributed by atoms with Crippen molar-refractivity contribution >= 4 is 26.1 Å². The molecule has 1 aliphatic heterocycles. The van der Waals surface area contributed by atoms with Crippen LogP contribution in [0.15, 0.2) is 0 Å². The van der Waals surface area contributed by atoms with Crippen LogP contribution in [0.3, 0.4) is 0 Å². The van der Waals surface area contributed by atoms with Crippen LogP contribution in [0.5, 0.6) is 0 Å². The Morgan fingerprint density at radius 2 is 1.59 bits per heavy atom. The lowest BCUT2D eigenvalue weighted by Crippen LogP contribution is -2.62. The number of rotatable bonds is 1. The van der Waals surface area contributed by atoms with Gasteiger partial charge < -0.3 is 4.90 Å². The van der Waals surface area contributed by atoms with Gasteiger partial charge in [0.2, 0.25) is 5.13 Å². The lowest BCUT2D eigenvalue weighted by molar-refractivity contribution is 0.184. The number of anilines is 1. The second-order valence-corrected chi connectivity index (χ2v) is 6.27. The molecule has 0 spiro atoms. The summed E-state index contributed by atoms with van der Waals surface area (Å²) in [5.41, 5.74) is 0. The highest BCUT2D eigenvalue weighted by molar-refractivity contribution is 7.13. The molecule has 1 fully saturated rings. The van der Waals surface area contributed by atoms with Crippen molar-refractivity contribution in [1.29, 1.82) is 0 Å². The molecule has 0 bridgehead atoms. The SMILES string of the molecule is Cc1nsc(N2C(C)C(C)N(P)C(C)C2C)n1. The van der Waals surface area contributed by atoms with E-state index in [-0.39, 0.29) is 0 Å². The van der Waals surface area contributed by atoms with Crippen LogP contribution in [-0.2, 0) is 0 Å². The molecule has 1 aromatic heterocycles. The molecule has 6 heteroatoms. The molecule has 1 saturated heterocycles. The normalized spacial score (nSPS) is 35.3. The van der Waals surface area contributed by atoms with Gasteiger partial charge in [-0.1, -0.05) is 9.39 Å². The zero-order valence-electron chi connectivity index (χ0n) is 11.1. The molecule has 1 aromatic rings. The smallest absolute Gasteiger partial charge is 0.205 e. The average molecular weight is 272 g/mol. The van der Waals surface area contributed by atoms with Crippen LogP contribution in [0.4, 0.5) is 5.13 Å². The molecule has 0 N–H and O–H groups in total. The molecule has 0 aliphatic carbocycles. The number of nitrogens with zero attached hydrogens (tertiary/aromatic N) is 4. The molecule has 5 atom stereocenters. The van der Waals surface area contributed by atoms with Crippen molar-refractivity contribution in [3.8, 4) is 0 Å². The maximum absolute atomic E-state index is 4.54. The van der Waals surface area contributed by atoms with E-state index in [1.54, 1.807) is 0 Å². The van der Waals surface area contributed by atoms with Gasteiger partial charge in [-0.15, -0.1) is 0 Å². The van der Waals surface area contributed by atoms with Crippen LogP contribution in [0.1, 0.15) is 33.5 Å². The Kier molecular flexibility index (Phi) is 3.71. The van der Waals surface area contributed by atoms with E-state index in [1.807, 2.05) is 6.92 Å². The molecule has 2 heterocycles. The number of aromatic nitrogens is 2. The zero-order valence-corrected chi connectivity index (χ0v) is 13.1. The van der Waals surface area contributed by atoms with E-state index in [9.17, 15) is 0 Å². The van der Waals surface area contributed by atoms with Gasteiger partial charge in [-0.25, -0.2) is 4.98 Å². The monoisotopic (exact) mass is 272 g/mol. The summed E-state index contributed by atoms with van der Waals surface area (Å²) >= 11 is 1.51. The Morgan fingerprint density at radius 3 is 2.00 bits per heavy atom. The van der Waals surface area contributed by atoms with Crippen LogP contribution in [0.25, 0.3) is 0 Å². The standard InChI is InChI=1S/C11H21N4PS/c1-6-8(3)15(16)9(4)7(2)14(6)11-12-10(5)13-17-11/h6-9H,16H2,1-5H3. The molecule has 1 aliphatic rings. The lowest BCUT2D eigenvalue weighted by atomic mass is 9.98. The van der Waals surface area contributed by atoms with Gasteiger partial charge in [0.1, 0.15) is 5.82 Å². The van der Waals surface area contributed by atoms with Crippen LogP contribution >= 0.6 is 20.9 Å². The fourth-order valence-electron chi connectivity index (χ4n) is 2.44. The molecule has 4 nitrogen and oxygen atoms in total. The van der Waals surface area contributed by atoms with E-state index in [1.165, 1.54) is 11.5 Å². The minimum atomic E-state index is 0.450. The maximum Gasteiger partial charge on any atom is 0.205 e. The summed E-state index contributed by atoms with van der Waals surface area (Å²) in [4.78, 5) is 6.95. The minimum Gasteiger partial charge on any atom is -0.338 e. The van der Waals surface area contributed by atoms with Crippen LogP contribution < -0.4 is 4.90 Å². The average Bonchev–Trinajstić information content (AvgIpc) is 2.71. The van der Waals surface area contributed by atoms with Gasteiger partial charge in [-0.05, 0) is 34.6 Å². The Bertz CT molecular complexity index is 381.